The summed E-state index contributed by atoms with van der Waals surface area (Å²) in [4.78, 5) is 54.2. The van der Waals surface area contributed by atoms with Crippen molar-refractivity contribution in [2.45, 2.75) is 39.5 Å². The number of imide groups is 1. The molecule has 188 valence electrons. The molecule has 1 aliphatic rings. The number of nitrogens with zero attached hydrogens (tertiary/aromatic N) is 3. The van der Waals surface area contributed by atoms with Crippen molar-refractivity contribution >= 4 is 23.8 Å². The molecule has 0 unspecified atom stereocenters. The fourth-order valence-electron chi connectivity index (χ4n) is 4.08. The molecule has 1 aliphatic heterocycles. The number of aryl methyl sites for hydroxylation is 1. The minimum atomic E-state index is -0.820. The lowest BCUT2D eigenvalue weighted by Crippen LogP contribution is -2.51. The molecule has 0 radical (unpaired) electrons. The van der Waals surface area contributed by atoms with Crippen molar-refractivity contribution in [2.24, 2.45) is 17.8 Å². The first-order valence-corrected chi connectivity index (χ1v) is 11.7. The lowest BCUT2D eigenvalue weighted by Gasteiger charge is -2.28. The molecular weight excluding hydrogens is 438 g/mol. The summed E-state index contributed by atoms with van der Waals surface area (Å²) in [6.07, 6.45) is 2.07. The molecule has 1 aromatic rings. The van der Waals surface area contributed by atoms with Crippen molar-refractivity contribution in [3.8, 4) is 0 Å². The monoisotopic (exact) mass is 475 g/mol. The molecule has 0 saturated carbocycles. The summed E-state index contributed by atoms with van der Waals surface area (Å²) in [5.74, 6) is -3.32. The van der Waals surface area contributed by atoms with Crippen molar-refractivity contribution in [3.05, 3.63) is 35.9 Å². The van der Waals surface area contributed by atoms with E-state index < -0.39 is 35.6 Å². The number of urea groups is 1. The van der Waals surface area contributed by atoms with Crippen LogP contribution in [0.5, 0.6) is 0 Å². The van der Waals surface area contributed by atoms with E-state index in [1.165, 1.54) is 4.90 Å². The van der Waals surface area contributed by atoms with Gasteiger partial charge < -0.3 is 9.80 Å². The highest BCUT2D eigenvalue weighted by atomic mass is 16.5. The Kier molecular flexibility index (Phi) is 10.5. The third kappa shape index (κ3) is 7.81. The molecule has 2 rings (SSSR count). The van der Waals surface area contributed by atoms with Crippen LogP contribution in [-0.2, 0) is 20.8 Å². The second kappa shape index (κ2) is 13.0. The SMILES string of the molecule is CC(C)C[C@@H](C(=O)NN1C(=O)CN(CCN(C)C)C1=O)[C@H](CCCc1ccccc1)C(=O)NO. The predicted octanol–water partition coefficient (Wildman–Crippen LogP) is 1.65. The number of amides is 5. The van der Waals surface area contributed by atoms with Gasteiger partial charge in [0.05, 0.1) is 11.8 Å². The summed E-state index contributed by atoms with van der Waals surface area (Å²) in [7, 11) is 3.73. The number of carbonyl (C=O) groups excluding carboxylic acids is 4. The second-order valence-corrected chi connectivity index (χ2v) is 9.41. The van der Waals surface area contributed by atoms with Gasteiger partial charge >= 0.3 is 6.03 Å². The minimum absolute atomic E-state index is 0.0698. The van der Waals surface area contributed by atoms with Gasteiger partial charge in [0.15, 0.2) is 0 Å². The van der Waals surface area contributed by atoms with Gasteiger partial charge in [-0.3, -0.25) is 25.0 Å². The van der Waals surface area contributed by atoms with Gasteiger partial charge in [0.1, 0.15) is 6.54 Å². The molecule has 0 bridgehead atoms. The van der Waals surface area contributed by atoms with Crippen LogP contribution in [0.1, 0.15) is 38.7 Å². The van der Waals surface area contributed by atoms with Gasteiger partial charge in [-0.2, -0.15) is 5.01 Å². The van der Waals surface area contributed by atoms with E-state index in [2.05, 4.69) is 5.43 Å². The van der Waals surface area contributed by atoms with Gasteiger partial charge in [-0.25, -0.2) is 10.3 Å². The topological polar surface area (TPSA) is 122 Å². The quantitative estimate of drug-likeness (QED) is 0.227. The molecule has 1 heterocycles. The van der Waals surface area contributed by atoms with Crippen LogP contribution in [0.2, 0.25) is 0 Å². The standard InChI is InChI=1S/C24H37N5O5/c1-17(2)15-20(19(23(32)26-34)12-8-11-18-9-6-5-7-10-18)22(31)25-29-21(30)16-28(24(29)33)14-13-27(3)4/h5-7,9-10,17,19-20,34H,8,11-16H2,1-4H3,(H,25,31)(H,26,32)/t19-,20+/m0/s1. The van der Waals surface area contributed by atoms with Gasteiger partial charge in [0.25, 0.3) is 5.91 Å². The van der Waals surface area contributed by atoms with Crippen LogP contribution >= 0.6 is 0 Å². The average Bonchev–Trinajstić information content (AvgIpc) is 3.06. The zero-order chi connectivity index (χ0) is 25.3. The lowest BCUT2D eigenvalue weighted by atomic mass is 9.81. The van der Waals surface area contributed by atoms with Crippen LogP contribution in [0.15, 0.2) is 30.3 Å². The van der Waals surface area contributed by atoms with Gasteiger partial charge in [-0.05, 0) is 51.3 Å². The Bertz CT molecular complexity index is 845. The number of rotatable bonds is 13. The number of nitrogens with one attached hydrogen (secondary N) is 2. The Balaban J connectivity index is 2.12. The van der Waals surface area contributed by atoms with Crippen molar-refractivity contribution in [2.75, 3.05) is 33.7 Å². The Morgan fingerprint density at radius 3 is 2.35 bits per heavy atom. The number of hydrogen-bond donors (Lipinski definition) is 3. The highest BCUT2D eigenvalue weighted by Gasteiger charge is 2.40. The van der Waals surface area contributed by atoms with E-state index in [1.54, 1.807) is 5.48 Å². The van der Waals surface area contributed by atoms with E-state index >= 15 is 0 Å². The normalized spacial score (nSPS) is 15.7. The van der Waals surface area contributed by atoms with Crippen LogP contribution in [0.4, 0.5) is 4.79 Å². The van der Waals surface area contributed by atoms with E-state index in [1.807, 2.05) is 63.2 Å². The van der Waals surface area contributed by atoms with E-state index in [0.717, 1.165) is 17.0 Å². The number of hydroxylamine groups is 1. The van der Waals surface area contributed by atoms with E-state index in [0.29, 0.717) is 32.4 Å². The first kappa shape index (κ1) is 27.3. The molecular formula is C24H37N5O5. The molecule has 1 saturated heterocycles. The molecule has 0 aromatic heterocycles. The second-order valence-electron chi connectivity index (χ2n) is 9.41. The summed E-state index contributed by atoms with van der Waals surface area (Å²) < 4.78 is 0. The fraction of sp³-hybridized carbons (Fsp3) is 0.583. The summed E-state index contributed by atoms with van der Waals surface area (Å²) in [5.41, 5.74) is 5.25. The van der Waals surface area contributed by atoms with E-state index in [4.69, 9.17) is 0 Å². The van der Waals surface area contributed by atoms with Crippen molar-refractivity contribution < 1.29 is 24.4 Å². The van der Waals surface area contributed by atoms with Crippen LogP contribution in [0, 0.1) is 17.8 Å². The first-order chi connectivity index (χ1) is 16.1. The van der Waals surface area contributed by atoms with Crippen LogP contribution in [0.3, 0.4) is 0 Å². The molecule has 10 heteroatoms. The van der Waals surface area contributed by atoms with E-state index in [9.17, 15) is 24.4 Å². The summed E-state index contributed by atoms with van der Waals surface area (Å²) >= 11 is 0. The summed E-state index contributed by atoms with van der Waals surface area (Å²) in [6.45, 7) is 4.67. The molecule has 3 N–H and O–H groups in total. The Labute approximate surface area is 201 Å². The van der Waals surface area contributed by atoms with Crippen LogP contribution in [0.25, 0.3) is 0 Å². The Morgan fingerprint density at radius 2 is 1.76 bits per heavy atom. The Morgan fingerprint density at radius 1 is 1.09 bits per heavy atom. The lowest BCUT2D eigenvalue weighted by molar-refractivity contribution is -0.144. The van der Waals surface area contributed by atoms with Crippen molar-refractivity contribution in [1.29, 1.82) is 0 Å². The van der Waals surface area contributed by atoms with Gasteiger partial charge in [-0.1, -0.05) is 44.2 Å². The maximum Gasteiger partial charge on any atom is 0.346 e. The van der Waals surface area contributed by atoms with Gasteiger partial charge in [0, 0.05) is 13.1 Å². The average molecular weight is 476 g/mol. The van der Waals surface area contributed by atoms with E-state index in [-0.39, 0.29) is 12.5 Å². The largest absolute Gasteiger partial charge is 0.346 e. The molecule has 1 aromatic carbocycles. The molecule has 0 spiro atoms. The first-order valence-electron chi connectivity index (χ1n) is 11.7. The molecule has 5 amide bonds. The fourth-order valence-corrected chi connectivity index (χ4v) is 4.08. The number of likely N-dealkylation sites (N-methyl/N-ethyl adjacent to an activating group) is 1. The minimum Gasteiger partial charge on any atom is -0.312 e. The summed E-state index contributed by atoms with van der Waals surface area (Å²) in [5, 5.41) is 10.1. The molecule has 34 heavy (non-hydrogen) atoms. The third-order valence-electron chi connectivity index (χ3n) is 5.89. The van der Waals surface area contributed by atoms with Crippen molar-refractivity contribution in [1.82, 2.24) is 25.7 Å². The van der Waals surface area contributed by atoms with Crippen LogP contribution in [-0.4, -0.2) is 77.5 Å². The van der Waals surface area contributed by atoms with Crippen LogP contribution < -0.4 is 10.9 Å². The number of hydrogen-bond acceptors (Lipinski definition) is 6. The molecule has 10 nitrogen and oxygen atoms in total. The zero-order valence-electron chi connectivity index (χ0n) is 20.5. The highest BCUT2D eigenvalue weighted by molar-refractivity contribution is 6.03. The number of benzene rings is 1. The van der Waals surface area contributed by atoms with Gasteiger partial charge in [-0.15, -0.1) is 0 Å². The predicted molar refractivity (Wildman–Crippen MR) is 126 cm³/mol. The maximum absolute atomic E-state index is 13.2. The maximum atomic E-state index is 13.2. The third-order valence-corrected chi connectivity index (χ3v) is 5.89. The van der Waals surface area contributed by atoms with Gasteiger partial charge in [0.2, 0.25) is 11.8 Å². The molecule has 1 fully saturated rings. The van der Waals surface area contributed by atoms with Crippen molar-refractivity contribution in [3.63, 3.8) is 0 Å². The number of carbonyl (C=O) groups is 4. The number of hydrazine groups is 1. The molecule has 2 atom stereocenters. The summed E-state index contributed by atoms with van der Waals surface area (Å²) in [6, 6.07) is 9.20. The smallest absolute Gasteiger partial charge is 0.312 e. The Hall–Kier alpha value is -2.98. The highest BCUT2D eigenvalue weighted by Crippen LogP contribution is 2.27. The zero-order valence-corrected chi connectivity index (χ0v) is 20.5. The molecule has 0 aliphatic carbocycles.